The lowest BCUT2D eigenvalue weighted by Gasteiger charge is -2.00. The van der Waals surface area contributed by atoms with Gasteiger partial charge in [-0.15, -0.1) is 0 Å². The van der Waals surface area contributed by atoms with Crippen molar-refractivity contribution in [2.75, 3.05) is 0 Å². The SMILES string of the molecule is CCn1nc(C)cc1-c1nc2c(C)cccc2[nH]1. The molecule has 4 nitrogen and oxygen atoms in total. The highest BCUT2D eigenvalue weighted by Gasteiger charge is 2.12. The van der Waals surface area contributed by atoms with Crippen LogP contribution < -0.4 is 0 Å². The van der Waals surface area contributed by atoms with E-state index in [1.54, 1.807) is 0 Å². The minimum Gasteiger partial charge on any atom is -0.337 e. The molecule has 2 aromatic heterocycles. The van der Waals surface area contributed by atoms with Crippen LogP contribution in [-0.4, -0.2) is 19.7 Å². The molecule has 1 N–H and O–H groups in total. The van der Waals surface area contributed by atoms with E-state index < -0.39 is 0 Å². The first-order valence-corrected chi connectivity index (χ1v) is 6.19. The Hall–Kier alpha value is -2.10. The molecule has 92 valence electrons. The van der Waals surface area contributed by atoms with E-state index in [2.05, 4.69) is 47.1 Å². The van der Waals surface area contributed by atoms with E-state index in [4.69, 9.17) is 0 Å². The normalized spacial score (nSPS) is 11.3. The molecular formula is C14H16N4. The van der Waals surface area contributed by atoms with Gasteiger partial charge < -0.3 is 4.98 Å². The molecule has 0 amide bonds. The molecule has 4 heteroatoms. The lowest BCUT2D eigenvalue weighted by Crippen LogP contribution is -1.99. The summed E-state index contributed by atoms with van der Waals surface area (Å²) in [7, 11) is 0. The topological polar surface area (TPSA) is 46.5 Å². The molecule has 0 aliphatic rings. The van der Waals surface area contributed by atoms with Gasteiger partial charge in [0.25, 0.3) is 0 Å². The summed E-state index contributed by atoms with van der Waals surface area (Å²) in [6, 6.07) is 8.24. The van der Waals surface area contributed by atoms with Gasteiger partial charge in [0.2, 0.25) is 0 Å². The number of rotatable bonds is 2. The Labute approximate surface area is 106 Å². The zero-order valence-corrected chi connectivity index (χ0v) is 10.9. The van der Waals surface area contributed by atoms with Crippen LogP contribution in [0.5, 0.6) is 0 Å². The van der Waals surface area contributed by atoms with Gasteiger partial charge in [-0.25, -0.2) is 4.98 Å². The Balaban J connectivity index is 2.22. The third-order valence-corrected chi connectivity index (χ3v) is 3.16. The van der Waals surface area contributed by atoms with Crippen molar-refractivity contribution in [2.24, 2.45) is 0 Å². The van der Waals surface area contributed by atoms with Crippen LogP contribution >= 0.6 is 0 Å². The van der Waals surface area contributed by atoms with Crippen molar-refractivity contribution in [1.82, 2.24) is 19.7 Å². The van der Waals surface area contributed by atoms with Crippen molar-refractivity contribution in [2.45, 2.75) is 27.3 Å². The van der Waals surface area contributed by atoms with Crippen molar-refractivity contribution in [1.29, 1.82) is 0 Å². The van der Waals surface area contributed by atoms with Gasteiger partial charge in [0, 0.05) is 6.54 Å². The largest absolute Gasteiger partial charge is 0.337 e. The standard InChI is InChI=1S/C14H16N4/c1-4-18-12(8-10(3)17-18)14-15-11-7-5-6-9(2)13(11)16-14/h5-8H,4H2,1-3H3,(H,15,16). The summed E-state index contributed by atoms with van der Waals surface area (Å²) >= 11 is 0. The fourth-order valence-corrected chi connectivity index (χ4v) is 2.27. The van der Waals surface area contributed by atoms with Crippen LogP contribution in [0.3, 0.4) is 0 Å². The van der Waals surface area contributed by atoms with Crippen LogP contribution in [0, 0.1) is 13.8 Å². The number of H-pyrrole nitrogens is 1. The minimum atomic E-state index is 0.846. The molecule has 1 aromatic carbocycles. The number of aromatic nitrogens is 4. The number of hydrogen-bond donors (Lipinski definition) is 1. The van der Waals surface area contributed by atoms with Crippen molar-refractivity contribution >= 4 is 11.0 Å². The predicted molar refractivity (Wildman–Crippen MR) is 72.5 cm³/mol. The fraction of sp³-hybridized carbons (Fsp3) is 0.286. The molecule has 0 radical (unpaired) electrons. The third-order valence-electron chi connectivity index (χ3n) is 3.16. The molecule has 3 aromatic rings. The lowest BCUT2D eigenvalue weighted by molar-refractivity contribution is 0.658. The average molecular weight is 240 g/mol. The van der Waals surface area contributed by atoms with Crippen LogP contribution in [0.15, 0.2) is 24.3 Å². The van der Waals surface area contributed by atoms with Crippen LogP contribution in [0.25, 0.3) is 22.6 Å². The summed E-state index contributed by atoms with van der Waals surface area (Å²) in [5.74, 6) is 0.891. The molecule has 0 saturated carbocycles. The number of aromatic amines is 1. The van der Waals surface area contributed by atoms with Gasteiger partial charge in [0.1, 0.15) is 5.69 Å². The number of fused-ring (bicyclic) bond motifs is 1. The monoisotopic (exact) mass is 240 g/mol. The molecule has 3 rings (SSSR count). The molecule has 2 heterocycles. The van der Waals surface area contributed by atoms with Gasteiger partial charge in [0.05, 0.1) is 16.7 Å². The molecule has 0 aliphatic carbocycles. The van der Waals surface area contributed by atoms with Crippen LogP contribution in [0.4, 0.5) is 0 Å². The van der Waals surface area contributed by atoms with E-state index in [1.807, 2.05) is 17.7 Å². The van der Waals surface area contributed by atoms with E-state index in [-0.39, 0.29) is 0 Å². The van der Waals surface area contributed by atoms with Crippen molar-refractivity contribution in [3.8, 4) is 11.5 Å². The first kappa shape index (κ1) is 11.0. The zero-order valence-electron chi connectivity index (χ0n) is 10.9. The number of aryl methyl sites for hydroxylation is 3. The molecule has 0 spiro atoms. The van der Waals surface area contributed by atoms with Gasteiger partial charge >= 0.3 is 0 Å². The van der Waals surface area contributed by atoms with E-state index in [9.17, 15) is 0 Å². The number of nitrogens with one attached hydrogen (secondary N) is 1. The van der Waals surface area contributed by atoms with Gasteiger partial charge in [-0.1, -0.05) is 12.1 Å². The second-order valence-electron chi connectivity index (χ2n) is 4.54. The Morgan fingerprint density at radius 1 is 1.28 bits per heavy atom. The molecule has 0 atom stereocenters. The quantitative estimate of drug-likeness (QED) is 0.748. The maximum atomic E-state index is 4.69. The van der Waals surface area contributed by atoms with E-state index >= 15 is 0 Å². The Kier molecular flexibility index (Phi) is 2.44. The van der Waals surface area contributed by atoms with Crippen molar-refractivity contribution < 1.29 is 0 Å². The third kappa shape index (κ3) is 1.61. The molecule has 0 aliphatic heterocycles. The minimum absolute atomic E-state index is 0.846. The van der Waals surface area contributed by atoms with E-state index in [0.29, 0.717) is 0 Å². The summed E-state index contributed by atoms with van der Waals surface area (Å²) < 4.78 is 1.97. The molecular weight excluding hydrogens is 224 g/mol. The Bertz CT molecular complexity index is 706. The fourth-order valence-electron chi connectivity index (χ4n) is 2.27. The Morgan fingerprint density at radius 2 is 2.11 bits per heavy atom. The highest BCUT2D eigenvalue weighted by atomic mass is 15.3. The van der Waals surface area contributed by atoms with Gasteiger partial charge in [-0.3, -0.25) is 4.68 Å². The summed E-state index contributed by atoms with van der Waals surface area (Å²) in [6.07, 6.45) is 0. The van der Waals surface area contributed by atoms with Crippen LogP contribution in [0.2, 0.25) is 0 Å². The number of nitrogens with zero attached hydrogens (tertiary/aromatic N) is 3. The van der Waals surface area contributed by atoms with Crippen molar-refractivity contribution in [3.05, 3.63) is 35.5 Å². The second kappa shape index (κ2) is 3.98. The number of hydrogen-bond acceptors (Lipinski definition) is 2. The van der Waals surface area contributed by atoms with Crippen molar-refractivity contribution in [3.63, 3.8) is 0 Å². The lowest BCUT2D eigenvalue weighted by atomic mass is 10.2. The summed E-state index contributed by atoms with van der Waals surface area (Å²) in [5, 5.41) is 4.45. The molecule has 0 bridgehead atoms. The number of benzene rings is 1. The molecule has 0 saturated heterocycles. The number of para-hydroxylation sites is 1. The summed E-state index contributed by atoms with van der Waals surface area (Å²) in [4.78, 5) is 8.06. The molecule has 0 unspecified atom stereocenters. The predicted octanol–water partition coefficient (Wildman–Crippen LogP) is 3.06. The second-order valence-corrected chi connectivity index (χ2v) is 4.54. The van der Waals surface area contributed by atoms with Gasteiger partial charge in [-0.2, -0.15) is 5.10 Å². The van der Waals surface area contributed by atoms with Gasteiger partial charge in [0.15, 0.2) is 5.82 Å². The highest BCUT2D eigenvalue weighted by Crippen LogP contribution is 2.23. The van der Waals surface area contributed by atoms with E-state index in [0.717, 1.165) is 34.8 Å². The van der Waals surface area contributed by atoms with Gasteiger partial charge in [-0.05, 0) is 38.5 Å². The summed E-state index contributed by atoms with van der Waals surface area (Å²) in [5.41, 5.74) is 5.37. The number of imidazole rings is 1. The van der Waals surface area contributed by atoms with Crippen LogP contribution in [0.1, 0.15) is 18.2 Å². The Morgan fingerprint density at radius 3 is 2.83 bits per heavy atom. The maximum absolute atomic E-state index is 4.69. The zero-order chi connectivity index (χ0) is 12.7. The van der Waals surface area contributed by atoms with Crippen LogP contribution in [-0.2, 0) is 6.54 Å². The maximum Gasteiger partial charge on any atom is 0.156 e. The smallest absolute Gasteiger partial charge is 0.156 e. The molecule has 18 heavy (non-hydrogen) atoms. The first-order valence-electron chi connectivity index (χ1n) is 6.19. The molecule has 0 fully saturated rings. The summed E-state index contributed by atoms with van der Waals surface area (Å²) in [6.45, 7) is 7.02. The van der Waals surface area contributed by atoms with E-state index in [1.165, 1.54) is 5.56 Å². The first-order chi connectivity index (χ1) is 8.69. The highest BCUT2D eigenvalue weighted by molar-refractivity contribution is 5.81. The average Bonchev–Trinajstić information content (AvgIpc) is 2.92.